The molecule has 0 amide bonds. The van der Waals surface area contributed by atoms with E-state index in [2.05, 4.69) is 15.3 Å². The van der Waals surface area contributed by atoms with E-state index in [4.69, 9.17) is 0 Å². The van der Waals surface area contributed by atoms with Crippen LogP contribution in [-0.2, 0) is 0 Å². The van der Waals surface area contributed by atoms with Crippen LogP contribution < -0.4 is 10.2 Å². The molecule has 0 saturated carbocycles. The van der Waals surface area contributed by atoms with Crippen LogP contribution in [0.1, 0.15) is 27.7 Å². The lowest BCUT2D eigenvalue weighted by molar-refractivity contribution is -0.383. The van der Waals surface area contributed by atoms with Gasteiger partial charge < -0.3 is 10.2 Å². The molecule has 0 fully saturated rings. The molecule has 1 rings (SSSR count). The van der Waals surface area contributed by atoms with Crippen molar-refractivity contribution < 1.29 is 4.92 Å². The first-order chi connectivity index (χ1) is 8.51. The highest BCUT2D eigenvalue weighted by Crippen LogP contribution is 2.31. The van der Waals surface area contributed by atoms with E-state index in [1.165, 1.54) is 6.33 Å². The molecular weight excluding hydrogens is 234 g/mol. The highest BCUT2D eigenvalue weighted by atomic mass is 16.6. The molecule has 0 bridgehead atoms. The normalized spacial score (nSPS) is 10.5. The van der Waals surface area contributed by atoms with Gasteiger partial charge in [0.15, 0.2) is 0 Å². The van der Waals surface area contributed by atoms with Crippen LogP contribution in [0.25, 0.3) is 0 Å². The molecule has 0 aliphatic heterocycles. The quantitative estimate of drug-likeness (QED) is 0.617. The summed E-state index contributed by atoms with van der Waals surface area (Å²) in [5, 5.41) is 14.2. The van der Waals surface area contributed by atoms with Crippen molar-refractivity contribution in [2.24, 2.45) is 0 Å². The first-order valence-corrected chi connectivity index (χ1v) is 6.02. The Morgan fingerprint density at radius 3 is 2.44 bits per heavy atom. The Bertz CT molecular complexity index is 418. The lowest BCUT2D eigenvalue weighted by Gasteiger charge is -2.20. The molecule has 0 atom stereocenters. The van der Waals surface area contributed by atoms with Gasteiger partial charge in [-0.3, -0.25) is 10.1 Å². The van der Waals surface area contributed by atoms with Gasteiger partial charge >= 0.3 is 5.69 Å². The fraction of sp³-hybridized carbons (Fsp3) is 0.636. The third kappa shape index (κ3) is 3.06. The molecule has 7 heteroatoms. The molecule has 1 aromatic heterocycles. The molecule has 0 unspecified atom stereocenters. The molecule has 0 aliphatic rings. The van der Waals surface area contributed by atoms with Crippen LogP contribution in [0, 0.1) is 10.1 Å². The van der Waals surface area contributed by atoms with Gasteiger partial charge in [0.25, 0.3) is 0 Å². The molecule has 0 radical (unpaired) electrons. The van der Waals surface area contributed by atoms with E-state index in [0.29, 0.717) is 18.9 Å². The largest absolute Gasteiger partial charge is 0.362 e. The van der Waals surface area contributed by atoms with Crippen LogP contribution in [0.3, 0.4) is 0 Å². The van der Waals surface area contributed by atoms with Crippen molar-refractivity contribution in [2.75, 3.05) is 23.3 Å². The summed E-state index contributed by atoms with van der Waals surface area (Å²) in [5.74, 6) is 0.634. The third-order valence-corrected chi connectivity index (χ3v) is 2.47. The minimum atomic E-state index is -0.432. The highest BCUT2D eigenvalue weighted by Gasteiger charge is 2.25. The zero-order valence-electron chi connectivity index (χ0n) is 11.2. The minimum absolute atomic E-state index is 0.0603. The SMILES string of the molecule is CCN(CC)c1ncnc(NC(C)C)c1[N+](=O)[O-]. The summed E-state index contributed by atoms with van der Waals surface area (Å²) in [7, 11) is 0. The van der Waals surface area contributed by atoms with Gasteiger partial charge in [-0.15, -0.1) is 0 Å². The summed E-state index contributed by atoms with van der Waals surface area (Å²) in [6.07, 6.45) is 1.35. The van der Waals surface area contributed by atoms with E-state index in [9.17, 15) is 10.1 Å². The number of aromatic nitrogens is 2. The first-order valence-electron chi connectivity index (χ1n) is 6.02. The molecule has 1 heterocycles. The van der Waals surface area contributed by atoms with Crippen LogP contribution in [0.4, 0.5) is 17.3 Å². The Hall–Kier alpha value is -1.92. The molecule has 0 aliphatic carbocycles. The third-order valence-electron chi connectivity index (χ3n) is 2.47. The zero-order valence-corrected chi connectivity index (χ0v) is 11.2. The second-order valence-corrected chi connectivity index (χ2v) is 4.12. The van der Waals surface area contributed by atoms with Gasteiger partial charge in [-0.1, -0.05) is 0 Å². The van der Waals surface area contributed by atoms with Crippen LogP contribution in [0.15, 0.2) is 6.33 Å². The van der Waals surface area contributed by atoms with E-state index < -0.39 is 4.92 Å². The van der Waals surface area contributed by atoms with Crippen LogP contribution >= 0.6 is 0 Å². The van der Waals surface area contributed by atoms with Crippen LogP contribution in [0.2, 0.25) is 0 Å². The molecule has 7 nitrogen and oxygen atoms in total. The maximum Gasteiger partial charge on any atom is 0.353 e. The van der Waals surface area contributed by atoms with E-state index in [-0.39, 0.29) is 17.5 Å². The number of nitro groups is 1. The topological polar surface area (TPSA) is 84.2 Å². The monoisotopic (exact) mass is 253 g/mol. The Labute approximate surface area is 106 Å². The van der Waals surface area contributed by atoms with Crippen molar-refractivity contribution in [2.45, 2.75) is 33.7 Å². The van der Waals surface area contributed by atoms with Crippen molar-refractivity contribution in [1.82, 2.24) is 9.97 Å². The van der Waals surface area contributed by atoms with E-state index >= 15 is 0 Å². The summed E-state index contributed by atoms with van der Waals surface area (Å²) in [5.41, 5.74) is -0.0603. The van der Waals surface area contributed by atoms with Gasteiger partial charge in [-0.2, -0.15) is 0 Å². The lowest BCUT2D eigenvalue weighted by atomic mass is 10.3. The Kier molecular flexibility index (Phi) is 4.82. The predicted octanol–water partition coefficient (Wildman–Crippen LogP) is 2.05. The molecule has 18 heavy (non-hydrogen) atoms. The van der Waals surface area contributed by atoms with Crippen LogP contribution in [0.5, 0.6) is 0 Å². The number of nitrogens with zero attached hydrogens (tertiary/aromatic N) is 4. The lowest BCUT2D eigenvalue weighted by Crippen LogP contribution is -2.25. The Morgan fingerprint density at radius 1 is 1.39 bits per heavy atom. The van der Waals surface area contributed by atoms with Gasteiger partial charge in [-0.25, -0.2) is 9.97 Å². The van der Waals surface area contributed by atoms with Gasteiger partial charge in [-0.05, 0) is 27.7 Å². The van der Waals surface area contributed by atoms with Gasteiger partial charge in [0, 0.05) is 19.1 Å². The van der Waals surface area contributed by atoms with Crippen LogP contribution in [-0.4, -0.2) is 34.0 Å². The van der Waals surface area contributed by atoms with E-state index in [1.54, 1.807) is 0 Å². The molecule has 1 N–H and O–H groups in total. The van der Waals surface area contributed by atoms with Gasteiger partial charge in [0.05, 0.1) is 4.92 Å². The number of hydrogen-bond acceptors (Lipinski definition) is 6. The van der Waals surface area contributed by atoms with E-state index in [1.807, 2.05) is 32.6 Å². The van der Waals surface area contributed by atoms with E-state index in [0.717, 1.165) is 0 Å². The highest BCUT2D eigenvalue weighted by molar-refractivity contribution is 5.70. The summed E-state index contributed by atoms with van der Waals surface area (Å²) in [4.78, 5) is 20.6. The average molecular weight is 253 g/mol. The van der Waals surface area contributed by atoms with Gasteiger partial charge in [0.2, 0.25) is 11.6 Å². The average Bonchev–Trinajstić information content (AvgIpc) is 2.29. The van der Waals surface area contributed by atoms with Crippen molar-refractivity contribution >= 4 is 17.3 Å². The molecular formula is C11H19N5O2. The molecule has 1 aromatic rings. The summed E-state index contributed by atoms with van der Waals surface area (Å²) >= 11 is 0. The smallest absolute Gasteiger partial charge is 0.353 e. The first kappa shape index (κ1) is 14.1. The number of rotatable bonds is 6. The minimum Gasteiger partial charge on any atom is -0.362 e. The molecule has 0 saturated heterocycles. The Balaban J connectivity index is 3.29. The summed E-state index contributed by atoms with van der Waals surface area (Å²) in [6, 6.07) is 0.0724. The maximum absolute atomic E-state index is 11.2. The summed E-state index contributed by atoms with van der Waals surface area (Å²) in [6.45, 7) is 9.01. The van der Waals surface area contributed by atoms with Crippen molar-refractivity contribution in [3.8, 4) is 0 Å². The predicted molar refractivity (Wildman–Crippen MR) is 71.0 cm³/mol. The standard InChI is InChI=1S/C11H19N5O2/c1-5-15(6-2)11-9(16(17)18)10(12-7-13-11)14-8(3)4/h7-8H,5-6H2,1-4H3,(H,12,13,14). The van der Waals surface area contributed by atoms with Crippen molar-refractivity contribution in [1.29, 1.82) is 0 Å². The number of hydrogen-bond donors (Lipinski definition) is 1. The fourth-order valence-corrected chi connectivity index (χ4v) is 1.67. The van der Waals surface area contributed by atoms with Crippen molar-refractivity contribution in [3.63, 3.8) is 0 Å². The second kappa shape index (κ2) is 6.13. The number of nitrogens with one attached hydrogen (secondary N) is 1. The molecule has 100 valence electrons. The zero-order chi connectivity index (χ0) is 13.7. The van der Waals surface area contributed by atoms with Crippen molar-refractivity contribution in [3.05, 3.63) is 16.4 Å². The van der Waals surface area contributed by atoms with Gasteiger partial charge in [0.1, 0.15) is 6.33 Å². The fourth-order valence-electron chi connectivity index (χ4n) is 1.67. The summed E-state index contributed by atoms with van der Waals surface area (Å²) < 4.78 is 0. The Morgan fingerprint density at radius 2 is 2.00 bits per heavy atom. The molecule has 0 aromatic carbocycles. The number of anilines is 2. The maximum atomic E-state index is 11.2. The second-order valence-electron chi connectivity index (χ2n) is 4.12. The molecule has 0 spiro atoms.